The lowest BCUT2D eigenvalue weighted by Crippen LogP contribution is -1.81. The molecule has 0 amide bonds. The molecule has 2 nitrogen and oxygen atoms in total. The van der Waals surface area contributed by atoms with E-state index < -0.39 is 0 Å². The van der Waals surface area contributed by atoms with Crippen LogP contribution in [0.3, 0.4) is 0 Å². The van der Waals surface area contributed by atoms with E-state index in [4.69, 9.17) is 0 Å². The minimum Gasteiger partial charge on any atom is -0.328 e. The smallest absolute Gasteiger partial charge is 0.138 e. The summed E-state index contributed by atoms with van der Waals surface area (Å²) < 4.78 is 3.70. The van der Waals surface area contributed by atoms with Crippen LogP contribution >= 0.6 is 31.9 Å². The first-order valence-corrected chi connectivity index (χ1v) is 3.62. The summed E-state index contributed by atoms with van der Waals surface area (Å²) in [6, 6.07) is 0. The van der Waals surface area contributed by atoms with Gasteiger partial charge in [-0.15, -0.1) is 0 Å². The van der Waals surface area contributed by atoms with Crippen molar-refractivity contribution in [1.82, 2.24) is 9.55 Å². The van der Waals surface area contributed by atoms with Gasteiger partial charge in [-0.2, -0.15) is 0 Å². The maximum atomic E-state index is 3.95. The second-order valence-electron chi connectivity index (χ2n) is 1.44. The van der Waals surface area contributed by atoms with Gasteiger partial charge >= 0.3 is 0 Å². The summed E-state index contributed by atoms with van der Waals surface area (Å²) >= 11 is 6.54. The van der Waals surface area contributed by atoms with Gasteiger partial charge in [-0.1, -0.05) is 0 Å². The van der Waals surface area contributed by atoms with Crippen LogP contribution in [0.15, 0.2) is 15.5 Å². The standard InChI is InChI=1S/C4H4Br2N2/c1-8-2-7-3(5)4(8)6/h2H,1H3. The zero-order valence-electron chi connectivity index (χ0n) is 4.23. The number of hydrogen-bond donors (Lipinski definition) is 0. The highest BCUT2D eigenvalue weighted by atomic mass is 79.9. The Bertz CT molecular complexity index is 174. The Morgan fingerprint density at radius 1 is 1.62 bits per heavy atom. The largest absolute Gasteiger partial charge is 0.328 e. The van der Waals surface area contributed by atoms with Crippen LogP contribution < -0.4 is 0 Å². The van der Waals surface area contributed by atoms with Crippen molar-refractivity contribution < 1.29 is 0 Å². The van der Waals surface area contributed by atoms with Crippen LogP contribution in [-0.4, -0.2) is 9.55 Å². The van der Waals surface area contributed by atoms with Crippen molar-refractivity contribution in [2.45, 2.75) is 0 Å². The predicted molar refractivity (Wildman–Crippen MR) is 38.6 cm³/mol. The van der Waals surface area contributed by atoms with Crippen LogP contribution in [0.4, 0.5) is 0 Å². The molecule has 0 aromatic carbocycles. The molecule has 4 heteroatoms. The molecular weight excluding hydrogens is 236 g/mol. The Hall–Kier alpha value is 0.170. The van der Waals surface area contributed by atoms with Gasteiger partial charge in [0.25, 0.3) is 0 Å². The molecular formula is C4H4Br2N2. The van der Waals surface area contributed by atoms with Gasteiger partial charge in [-0.05, 0) is 31.9 Å². The molecule has 0 fully saturated rings. The Morgan fingerprint density at radius 3 is 2.38 bits per heavy atom. The number of halogens is 2. The fourth-order valence-electron chi connectivity index (χ4n) is 0.387. The Morgan fingerprint density at radius 2 is 2.25 bits per heavy atom. The third kappa shape index (κ3) is 0.951. The average molecular weight is 240 g/mol. The summed E-state index contributed by atoms with van der Waals surface area (Å²) in [6.45, 7) is 0. The van der Waals surface area contributed by atoms with Crippen molar-refractivity contribution in [3.63, 3.8) is 0 Å². The fourth-order valence-corrected chi connectivity index (χ4v) is 0.952. The molecule has 1 rings (SSSR count). The van der Waals surface area contributed by atoms with Gasteiger partial charge in [0.15, 0.2) is 0 Å². The molecule has 0 bridgehead atoms. The van der Waals surface area contributed by atoms with E-state index in [1.54, 1.807) is 6.33 Å². The summed E-state index contributed by atoms with van der Waals surface area (Å²) in [4.78, 5) is 3.95. The molecule has 0 aliphatic heterocycles. The molecule has 0 spiro atoms. The SMILES string of the molecule is Cn1cnc(Br)c1Br. The molecule has 8 heavy (non-hydrogen) atoms. The van der Waals surface area contributed by atoms with Crippen molar-refractivity contribution in [2.24, 2.45) is 7.05 Å². The molecule has 44 valence electrons. The number of hydrogen-bond acceptors (Lipinski definition) is 1. The maximum absolute atomic E-state index is 3.95. The second kappa shape index (κ2) is 2.19. The van der Waals surface area contributed by atoms with Crippen molar-refractivity contribution in [3.8, 4) is 0 Å². The van der Waals surface area contributed by atoms with Gasteiger partial charge in [-0.25, -0.2) is 4.98 Å². The van der Waals surface area contributed by atoms with Crippen molar-refractivity contribution >= 4 is 31.9 Å². The van der Waals surface area contributed by atoms with Gasteiger partial charge in [0.05, 0.1) is 6.33 Å². The minimum absolute atomic E-state index is 0.847. The molecule has 0 saturated heterocycles. The summed E-state index contributed by atoms with van der Waals surface area (Å²) in [7, 11) is 1.92. The molecule has 0 aliphatic carbocycles. The van der Waals surface area contributed by atoms with Crippen LogP contribution in [0.5, 0.6) is 0 Å². The van der Waals surface area contributed by atoms with Crippen LogP contribution in [0.1, 0.15) is 0 Å². The van der Waals surface area contributed by atoms with Gasteiger partial charge in [0, 0.05) is 7.05 Å². The zero-order chi connectivity index (χ0) is 6.15. The van der Waals surface area contributed by atoms with Crippen LogP contribution in [0, 0.1) is 0 Å². The van der Waals surface area contributed by atoms with E-state index in [2.05, 4.69) is 36.8 Å². The summed E-state index contributed by atoms with van der Waals surface area (Å²) in [6.07, 6.45) is 1.73. The molecule has 0 unspecified atom stereocenters. The summed E-state index contributed by atoms with van der Waals surface area (Å²) in [5.74, 6) is 0. The fraction of sp³-hybridized carbons (Fsp3) is 0.250. The number of rotatable bonds is 0. The minimum atomic E-state index is 0.847. The molecule has 0 aliphatic rings. The van der Waals surface area contributed by atoms with E-state index in [1.165, 1.54) is 0 Å². The third-order valence-corrected chi connectivity index (χ3v) is 2.87. The highest BCUT2D eigenvalue weighted by Crippen LogP contribution is 2.18. The van der Waals surface area contributed by atoms with E-state index in [1.807, 2.05) is 11.6 Å². The van der Waals surface area contributed by atoms with Crippen LogP contribution in [0.25, 0.3) is 0 Å². The first-order chi connectivity index (χ1) is 3.72. The lowest BCUT2D eigenvalue weighted by molar-refractivity contribution is 0.890. The molecule has 1 heterocycles. The van der Waals surface area contributed by atoms with E-state index in [0.717, 1.165) is 9.21 Å². The van der Waals surface area contributed by atoms with E-state index >= 15 is 0 Å². The lowest BCUT2D eigenvalue weighted by Gasteiger charge is -1.87. The maximum Gasteiger partial charge on any atom is 0.138 e. The Kier molecular flexibility index (Phi) is 1.72. The van der Waals surface area contributed by atoms with Crippen LogP contribution in [-0.2, 0) is 7.05 Å². The lowest BCUT2D eigenvalue weighted by atomic mass is 10.9. The van der Waals surface area contributed by atoms with Crippen molar-refractivity contribution in [3.05, 3.63) is 15.5 Å². The molecule has 0 atom stereocenters. The van der Waals surface area contributed by atoms with Gasteiger partial charge in [0.1, 0.15) is 9.21 Å². The van der Waals surface area contributed by atoms with E-state index in [9.17, 15) is 0 Å². The molecule has 1 aromatic rings. The number of nitrogens with zero attached hydrogens (tertiary/aromatic N) is 2. The van der Waals surface area contributed by atoms with Crippen molar-refractivity contribution in [1.29, 1.82) is 0 Å². The second-order valence-corrected chi connectivity index (χ2v) is 2.94. The predicted octanol–water partition coefficient (Wildman–Crippen LogP) is 1.95. The van der Waals surface area contributed by atoms with Gasteiger partial charge in [-0.3, -0.25) is 0 Å². The van der Waals surface area contributed by atoms with Crippen molar-refractivity contribution in [2.75, 3.05) is 0 Å². The first-order valence-electron chi connectivity index (χ1n) is 2.04. The first kappa shape index (κ1) is 6.29. The van der Waals surface area contributed by atoms with Gasteiger partial charge in [0.2, 0.25) is 0 Å². The van der Waals surface area contributed by atoms with Crippen LogP contribution in [0.2, 0.25) is 0 Å². The number of aromatic nitrogens is 2. The quantitative estimate of drug-likeness (QED) is 0.677. The normalized spacial score (nSPS) is 9.88. The molecule has 1 aromatic heterocycles. The number of imidazole rings is 1. The third-order valence-electron chi connectivity index (χ3n) is 0.824. The molecule has 0 radical (unpaired) electrons. The number of aryl methyl sites for hydroxylation is 1. The van der Waals surface area contributed by atoms with Gasteiger partial charge < -0.3 is 4.57 Å². The Balaban J connectivity index is 3.19. The highest BCUT2D eigenvalue weighted by Gasteiger charge is 1.98. The monoisotopic (exact) mass is 238 g/mol. The van der Waals surface area contributed by atoms with E-state index in [-0.39, 0.29) is 0 Å². The highest BCUT2D eigenvalue weighted by molar-refractivity contribution is 9.13. The summed E-state index contributed by atoms with van der Waals surface area (Å²) in [5.41, 5.74) is 0. The van der Waals surface area contributed by atoms with E-state index in [0.29, 0.717) is 0 Å². The Labute approximate surface area is 64.2 Å². The molecule has 0 saturated carbocycles. The zero-order valence-corrected chi connectivity index (χ0v) is 7.40. The molecule has 0 N–H and O–H groups in total. The summed E-state index contributed by atoms with van der Waals surface area (Å²) in [5, 5.41) is 0. The topological polar surface area (TPSA) is 17.8 Å². The average Bonchev–Trinajstić information content (AvgIpc) is 1.98.